The van der Waals surface area contributed by atoms with E-state index < -0.39 is 12.0 Å². The number of amides is 2. The summed E-state index contributed by atoms with van der Waals surface area (Å²) < 4.78 is 0. The van der Waals surface area contributed by atoms with E-state index in [-0.39, 0.29) is 23.5 Å². The van der Waals surface area contributed by atoms with Crippen LogP contribution < -0.4 is 10.6 Å². The van der Waals surface area contributed by atoms with E-state index in [2.05, 4.69) is 17.6 Å². The fraction of sp³-hybridized carbons (Fsp3) is 0.769. The second kappa shape index (κ2) is 11.6. The summed E-state index contributed by atoms with van der Waals surface area (Å²) >= 11 is 1.19. The van der Waals surface area contributed by atoms with Gasteiger partial charge in [-0.25, -0.2) is 4.79 Å². The summed E-state index contributed by atoms with van der Waals surface area (Å²) in [7, 11) is 0. The van der Waals surface area contributed by atoms with Gasteiger partial charge in [-0.2, -0.15) is 0 Å². The van der Waals surface area contributed by atoms with E-state index in [1.54, 1.807) is 0 Å². The van der Waals surface area contributed by atoms with Crippen molar-refractivity contribution in [2.45, 2.75) is 51.6 Å². The number of hydrogen-bond acceptors (Lipinski definition) is 4. The van der Waals surface area contributed by atoms with Crippen molar-refractivity contribution in [1.29, 1.82) is 0 Å². The van der Waals surface area contributed by atoms with Crippen LogP contribution in [0.5, 0.6) is 0 Å². The highest BCUT2D eigenvalue weighted by Crippen LogP contribution is 2.05. The van der Waals surface area contributed by atoms with Crippen molar-refractivity contribution in [3.05, 3.63) is 0 Å². The number of aliphatic carboxylic acids is 1. The SMILES string of the molecule is CCCCCC(C)NC(=O)CSCC(NC=O)C(=O)O. The predicted octanol–water partition coefficient (Wildman–Crippen LogP) is 1.00. The van der Waals surface area contributed by atoms with Gasteiger partial charge < -0.3 is 15.7 Å². The number of hydrogen-bond donors (Lipinski definition) is 3. The molecule has 3 N–H and O–H groups in total. The number of rotatable bonds is 12. The van der Waals surface area contributed by atoms with Gasteiger partial charge in [-0.1, -0.05) is 26.2 Å². The largest absolute Gasteiger partial charge is 0.480 e. The maximum absolute atomic E-state index is 11.6. The number of carboxylic acids is 1. The van der Waals surface area contributed by atoms with E-state index in [1.165, 1.54) is 11.8 Å². The first-order valence-corrected chi connectivity index (χ1v) is 7.96. The molecule has 0 heterocycles. The van der Waals surface area contributed by atoms with Gasteiger partial charge in [-0.15, -0.1) is 11.8 Å². The minimum absolute atomic E-state index is 0.103. The summed E-state index contributed by atoms with van der Waals surface area (Å²) in [6.45, 7) is 4.10. The van der Waals surface area contributed by atoms with Crippen molar-refractivity contribution in [1.82, 2.24) is 10.6 Å². The van der Waals surface area contributed by atoms with Crippen LogP contribution in [0.2, 0.25) is 0 Å². The smallest absolute Gasteiger partial charge is 0.327 e. The lowest BCUT2D eigenvalue weighted by molar-refractivity contribution is -0.139. The van der Waals surface area contributed by atoms with E-state index in [0.29, 0.717) is 6.41 Å². The molecule has 0 saturated carbocycles. The maximum atomic E-state index is 11.6. The number of nitrogens with one attached hydrogen (secondary N) is 2. The molecule has 0 fully saturated rings. The van der Waals surface area contributed by atoms with Gasteiger partial charge in [0.2, 0.25) is 12.3 Å². The van der Waals surface area contributed by atoms with Crippen LogP contribution in [0.1, 0.15) is 39.5 Å². The summed E-state index contributed by atoms with van der Waals surface area (Å²) in [6, 6.07) is -0.815. The van der Waals surface area contributed by atoms with Gasteiger partial charge in [-0.3, -0.25) is 9.59 Å². The molecule has 6 nitrogen and oxygen atoms in total. The summed E-state index contributed by atoms with van der Waals surface area (Å²) in [6.07, 6.45) is 4.71. The topological polar surface area (TPSA) is 95.5 Å². The van der Waals surface area contributed by atoms with Crippen molar-refractivity contribution < 1.29 is 19.5 Å². The van der Waals surface area contributed by atoms with E-state index in [9.17, 15) is 14.4 Å². The average molecular weight is 304 g/mol. The third kappa shape index (κ3) is 9.66. The van der Waals surface area contributed by atoms with Gasteiger partial charge in [0, 0.05) is 11.8 Å². The van der Waals surface area contributed by atoms with Crippen molar-refractivity contribution in [3.63, 3.8) is 0 Å². The lowest BCUT2D eigenvalue weighted by Gasteiger charge is -2.14. The Bertz CT molecular complexity index is 313. The second-order valence-corrected chi connectivity index (χ2v) is 5.69. The van der Waals surface area contributed by atoms with Gasteiger partial charge in [0.1, 0.15) is 6.04 Å². The summed E-state index contributed by atoms with van der Waals surface area (Å²) in [5, 5.41) is 13.9. The minimum atomic E-state index is -1.10. The van der Waals surface area contributed by atoms with Crippen molar-refractivity contribution in [3.8, 4) is 0 Å². The molecule has 7 heteroatoms. The number of carbonyl (C=O) groups excluding carboxylic acids is 2. The van der Waals surface area contributed by atoms with Crippen LogP contribution in [0.25, 0.3) is 0 Å². The first-order valence-electron chi connectivity index (χ1n) is 6.80. The number of carboxylic acid groups (broad SMARTS) is 1. The van der Waals surface area contributed by atoms with Gasteiger partial charge in [-0.05, 0) is 13.3 Å². The van der Waals surface area contributed by atoms with E-state index in [1.807, 2.05) is 6.92 Å². The first-order chi connectivity index (χ1) is 9.51. The number of carbonyl (C=O) groups is 3. The molecular weight excluding hydrogens is 280 g/mol. The fourth-order valence-corrected chi connectivity index (χ4v) is 2.49. The zero-order chi connectivity index (χ0) is 15.4. The van der Waals surface area contributed by atoms with Crippen molar-refractivity contribution >= 4 is 30.0 Å². The first kappa shape index (κ1) is 18.8. The Morgan fingerprint density at radius 3 is 2.60 bits per heavy atom. The molecule has 0 aliphatic rings. The maximum Gasteiger partial charge on any atom is 0.327 e. The molecular formula is C13H24N2O4S. The molecule has 0 rings (SSSR count). The Kier molecular flexibility index (Phi) is 10.9. The number of thioether (sulfide) groups is 1. The Morgan fingerprint density at radius 2 is 2.05 bits per heavy atom. The molecule has 2 atom stereocenters. The molecule has 116 valence electrons. The molecule has 0 spiro atoms. The van der Waals surface area contributed by atoms with E-state index >= 15 is 0 Å². The normalized spacial score (nSPS) is 13.3. The predicted molar refractivity (Wildman–Crippen MR) is 79.7 cm³/mol. The molecule has 0 aliphatic carbocycles. The highest BCUT2D eigenvalue weighted by Gasteiger charge is 2.17. The lowest BCUT2D eigenvalue weighted by atomic mass is 10.1. The van der Waals surface area contributed by atoms with Crippen LogP contribution in [0.3, 0.4) is 0 Å². The molecule has 20 heavy (non-hydrogen) atoms. The van der Waals surface area contributed by atoms with E-state index in [0.717, 1.165) is 25.7 Å². The molecule has 0 aromatic heterocycles. The monoisotopic (exact) mass is 304 g/mol. The average Bonchev–Trinajstić information content (AvgIpc) is 2.37. The summed E-state index contributed by atoms with van der Waals surface area (Å²) in [5.74, 6) is -0.832. The van der Waals surface area contributed by atoms with Gasteiger partial charge >= 0.3 is 5.97 Å². The highest BCUT2D eigenvalue weighted by molar-refractivity contribution is 8.00. The minimum Gasteiger partial charge on any atom is -0.480 e. The fourth-order valence-electron chi connectivity index (χ4n) is 1.63. The molecule has 0 aliphatic heterocycles. The zero-order valence-corrected chi connectivity index (χ0v) is 12.9. The van der Waals surface area contributed by atoms with Gasteiger partial charge in [0.05, 0.1) is 5.75 Å². The number of unbranched alkanes of at least 4 members (excludes halogenated alkanes) is 2. The third-order valence-electron chi connectivity index (χ3n) is 2.73. The summed E-state index contributed by atoms with van der Waals surface area (Å²) in [4.78, 5) is 32.6. The van der Waals surface area contributed by atoms with Crippen LogP contribution in [0.4, 0.5) is 0 Å². The standard InChI is InChI=1S/C13H24N2O4S/c1-3-4-5-6-10(2)15-12(17)8-20-7-11(13(18)19)14-9-16/h9-11H,3-8H2,1-2H3,(H,14,16)(H,15,17)(H,18,19). The van der Waals surface area contributed by atoms with Crippen LogP contribution in [-0.2, 0) is 14.4 Å². The van der Waals surface area contributed by atoms with Gasteiger partial charge in [0.25, 0.3) is 0 Å². The van der Waals surface area contributed by atoms with E-state index in [4.69, 9.17) is 5.11 Å². The Labute approximate surface area is 124 Å². The molecule has 0 radical (unpaired) electrons. The molecule has 0 aromatic rings. The van der Waals surface area contributed by atoms with Crippen molar-refractivity contribution in [2.24, 2.45) is 0 Å². The molecule has 0 saturated heterocycles. The Balaban J connectivity index is 3.81. The molecule has 2 amide bonds. The Morgan fingerprint density at radius 1 is 1.35 bits per heavy atom. The zero-order valence-electron chi connectivity index (χ0n) is 12.1. The summed E-state index contributed by atoms with van der Waals surface area (Å²) in [5.41, 5.74) is 0. The Hall–Kier alpha value is -1.24. The van der Waals surface area contributed by atoms with Crippen LogP contribution in [-0.4, -0.2) is 47.0 Å². The molecule has 0 bridgehead atoms. The van der Waals surface area contributed by atoms with Crippen LogP contribution in [0, 0.1) is 0 Å². The van der Waals surface area contributed by atoms with Crippen LogP contribution >= 0.6 is 11.8 Å². The molecule has 2 unspecified atom stereocenters. The third-order valence-corrected chi connectivity index (χ3v) is 3.77. The molecule has 0 aromatic carbocycles. The van der Waals surface area contributed by atoms with Crippen molar-refractivity contribution in [2.75, 3.05) is 11.5 Å². The van der Waals surface area contributed by atoms with Gasteiger partial charge in [0.15, 0.2) is 0 Å². The quantitative estimate of drug-likeness (QED) is 0.369. The lowest BCUT2D eigenvalue weighted by Crippen LogP contribution is -2.39. The highest BCUT2D eigenvalue weighted by atomic mass is 32.2. The van der Waals surface area contributed by atoms with Crippen LogP contribution in [0.15, 0.2) is 0 Å². The second-order valence-electron chi connectivity index (χ2n) is 4.65.